The molecular weight excluding hydrogens is 270 g/mol. The van der Waals surface area contributed by atoms with Gasteiger partial charge in [-0.15, -0.1) is 11.6 Å². The Balaban J connectivity index is 2.63. The fourth-order valence-electron chi connectivity index (χ4n) is 1.84. The summed E-state index contributed by atoms with van der Waals surface area (Å²) in [5.74, 6) is 0.338. The third-order valence-electron chi connectivity index (χ3n) is 3.08. The van der Waals surface area contributed by atoms with E-state index in [0.29, 0.717) is 5.92 Å². The molecule has 0 spiro atoms. The lowest BCUT2D eigenvalue weighted by Gasteiger charge is -2.19. The van der Waals surface area contributed by atoms with Gasteiger partial charge in [0.05, 0.1) is 4.90 Å². The summed E-state index contributed by atoms with van der Waals surface area (Å²) in [5, 5.41) is -0.168. The minimum atomic E-state index is -3.44. The van der Waals surface area contributed by atoms with Crippen molar-refractivity contribution in [2.24, 2.45) is 5.92 Å². The molecule has 0 aliphatic carbocycles. The van der Waals surface area contributed by atoms with E-state index in [9.17, 15) is 8.42 Å². The summed E-state index contributed by atoms with van der Waals surface area (Å²) in [4.78, 5) is 0.276. The maximum Gasteiger partial charge on any atom is 0.240 e. The van der Waals surface area contributed by atoms with E-state index in [1.54, 1.807) is 30.3 Å². The maximum atomic E-state index is 12.0. The molecule has 3 nitrogen and oxygen atoms in total. The summed E-state index contributed by atoms with van der Waals surface area (Å²) in [5.41, 5.74) is 0. The molecule has 0 fully saturated rings. The first-order valence-corrected chi connectivity index (χ1v) is 8.12. The van der Waals surface area contributed by atoms with E-state index in [4.69, 9.17) is 11.6 Å². The largest absolute Gasteiger partial charge is 0.240 e. The number of benzene rings is 1. The number of nitrogens with one attached hydrogen (secondary N) is 1. The highest BCUT2D eigenvalue weighted by molar-refractivity contribution is 7.89. The Kier molecular flexibility index (Phi) is 6.12. The van der Waals surface area contributed by atoms with Crippen molar-refractivity contribution in [3.05, 3.63) is 30.3 Å². The van der Waals surface area contributed by atoms with E-state index >= 15 is 0 Å². The van der Waals surface area contributed by atoms with Crippen LogP contribution in [0.2, 0.25) is 0 Å². The second-order valence-electron chi connectivity index (χ2n) is 4.26. The number of rotatable bonds is 7. The average Bonchev–Trinajstić information content (AvgIpc) is 2.39. The number of hydrogen-bond donors (Lipinski definition) is 1. The van der Waals surface area contributed by atoms with Crippen LogP contribution in [0.3, 0.4) is 0 Å². The molecule has 1 aromatic carbocycles. The highest BCUT2D eigenvalue weighted by Crippen LogP contribution is 2.18. The molecule has 1 N–H and O–H groups in total. The van der Waals surface area contributed by atoms with Gasteiger partial charge >= 0.3 is 0 Å². The van der Waals surface area contributed by atoms with Crippen molar-refractivity contribution in [3.8, 4) is 0 Å². The molecule has 1 rings (SSSR count). The van der Waals surface area contributed by atoms with Crippen LogP contribution in [-0.4, -0.2) is 20.3 Å². The smallest absolute Gasteiger partial charge is 0.210 e. The summed E-state index contributed by atoms with van der Waals surface area (Å²) in [6.07, 6.45) is 1.91. The Labute approximate surface area is 115 Å². The number of hydrogen-bond acceptors (Lipinski definition) is 2. The Bertz CT molecular complexity index is 443. The van der Waals surface area contributed by atoms with E-state index in [1.807, 2.05) is 0 Å². The van der Waals surface area contributed by atoms with Crippen LogP contribution in [0.4, 0.5) is 0 Å². The predicted molar refractivity (Wildman–Crippen MR) is 75.3 cm³/mol. The summed E-state index contributed by atoms with van der Waals surface area (Å²) in [7, 11) is -3.44. The van der Waals surface area contributed by atoms with E-state index < -0.39 is 10.0 Å². The molecule has 0 aliphatic rings. The molecule has 0 heterocycles. The molecule has 0 saturated carbocycles. The van der Waals surface area contributed by atoms with Gasteiger partial charge in [-0.2, -0.15) is 0 Å². The van der Waals surface area contributed by atoms with Crippen LogP contribution in [0.1, 0.15) is 26.7 Å². The molecule has 102 valence electrons. The standard InChI is InChI=1S/C13H20ClNO2S/c1-3-11(4-2)13(14)10-15-18(16,17)12-8-6-5-7-9-12/h5-9,11,13,15H,3-4,10H2,1-2H3. The van der Waals surface area contributed by atoms with Crippen LogP contribution in [0.15, 0.2) is 35.2 Å². The topological polar surface area (TPSA) is 46.2 Å². The van der Waals surface area contributed by atoms with Crippen LogP contribution < -0.4 is 4.72 Å². The lowest BCUT2D eigenvalue weighted by molar-refractivity contribution is 0.460. The zero-order valence-electron chi connectivity index (χ0n) is 10.8. The lowest BCUT2D eigenvalue weighted by atomic mass is 9.99. The van der Waals surface area contributed by atoms with Crippen LogP contribution in [0.5, 0.6) is 0 Å². The monoisotopic (exact) mass is 289 g/mol. The van der Waals surface area contributed by atoms with Crippen molar-refractivity contribution in [2.75, 3.05) is 6.54 Å². The summed E-state index contributed by atoms with van der Waals surface area (Å²) >= 11 is 6.21. The molecule has 0 amide bonds. The van der Waals surface area contributed by atoms with Gasteiger partial charge in [-0.05, 0) is 18.1 Å². The quantitative estimate of drug-likeness (QED) is 0.784. The molecule has 1 unspecified atom stereocenters. The minimum Gasteiger partial charge on any atom is -0.210 e. The van der Waals surface area contributed by atoms with Crippen molar-refractivity contribution >= 4 is 21.6 Å². The van der Waals surface area contributed by atoms with Crippen LogP contribution in [0, 0.1) is 5.92 Å². The van der Waals surface area contributed by atoms with Crippen molar-refractivity contribution < 1.29 is 8.42 Å². The van der Waals surface area contributed by atoms with Crippen LogP contribution >= 0.6 is 11.6 Å². The van der Waals surface area contributed by atoms with E-state index in [2.05, 4.69) is 18.6 Å². The number of halogens is 1. The van der Waals surface area contributed by atoms with Gasteiger partial charge in [-0.25, -0.2) is 13.1 Å². The fourth-order valence-corrected chi connectivity index (χ4v) is 3.45. The fraction of sp³-hybridized carbons (Fsp3) is 0.538. The van der Waals surface area contributed by atoms with E-state index in [0.717, 1.165) is 12.8 Å². The molecular formula is C13H20ClNO2S. The van der Waals surface area contributed by atoms with Crippen molar-refractivity contribution in [1.82, 2.24) is 4.72 Å². The van der Waals surface area contributed by atoms with Gasteiger partial charge < -0.3 is 0 Å². The first-order chi connectivity index (χ1) is 8.51. The van der Waals surface area contributed by atoms with Gasteiger partial charge in [0.2, 0.25) is 10.0 Å². The molecule has 0 aliphatic heterocycles. The van der Waals surface area contributed by atoms with Gasteiger partial charge in [0.15, 0.2) is 0 Å². The second-order valence-corrected chi connectivity index (χ2v) is 6.59. The zero-order chi connectivity index (χ0) is 13.6. The number of alkyl halides is 1. The molecule has 18 heavy (non-hydrogen) atoms. The molecule has 1 aromatic rings. The van der Waals surface area contributed by atoms with Gasteiger partial charge in [0, 0.05) is 11.9 Å². The highest BCUT2D eigenvalue weighted by Gasteiger charge is 2.19. The van der Waals surface area contributed by atoms with Crippen molar-refractivity contribution in [3.63, 3.8) is 0 Å². The van der Waals surface area contributed by atoms with Gasteiger partial charge in [0.25, 0.3) is 0 Å². The van der Waals surface area contributed by atoms with Crippen LogP contribution in [-0.2, 0) is 10.0 Å². The summed E-state index contributed by atoms with van der Waals surface area (Å²) < 4.78 is 26.5. The van der Waals surface area contributed by atoms with Crippen molar-refractivity contribution in [1.29, 1.82) is 0 Å². The highest BCUT2D eigenvalue weighted by atomic mass is 35.5. The van der Waals surface area contributed by atoms with Gasteiger partial charge in [0.1, 0.15) is 0 Å². The molecule has 5 heteroatoms. The Morgan fingerprint density at radius 3 is 2.22 bits per heavy atom. The lowest BCUT2D eigenvalue weighted by Crippen LogP contribution is -2.33. The van der Waals surface area contributed by atoms with Crippen molar-refractivity contribution in [2.45, 2.75) is 37.0 Å². The minimum absolute atomic E-state index is 0.168. The third kappa shape index (κ3) is 4.26. The normalized spacial score (nSPS) is 13.8. The van der Waals surface area contributed by atoms with E-state index in [1.165, 1.54) is 0 Å². The van der Waals surface area contributed by atoms with Gasteiger partial charge in [-0.1, -0.05) is 44.9 Å². The predicted octanol–water partition coefficient (Wildman–Crippen LogP) is 3.01. The SMILES string of the molecule is CCC(CC)C(Cl)CNS(=O)(=O)c1ccccc1. The van der Waals surface area contributed by atoms with E-state index in [-0.39, 0.29) is 16.8 Å². The third-order valence-corrected chi connectivity index (χ3v) is 5.03. The zero-order valence-corrected chi connectivity index (χ0v) is 12.3. The molecule has 0 saturated heterocycles. The second kappa shape index (κ2) is 7.12. The number of sulfonamides is 1. The summed E-state index contributed by atoms with van der Waals surface area (Å²) in [6.45, 7) is 4.40. The molecule has 1 atom stereocenters. The Morgan fingerprint density at radius 1 is 1.17 bits per heavy atom. The Hall–Kier alpha value is -0.580. The maximum absolute atomic E-state index is 12.0. The van der Waals surface area contributed by atoms with Gasteiger partial charge in [-0.3, -0.25) is 0 Å². The molecule has 0 bridgehead atoms. The average molecular weight is 290 g/mol. The summed E-state index contributed by atoms with van der Waals surface area (Å²) in [6, 6.07) is 8.33. The van der Waals surface area contributed by atoms with Crippen LogP contribution in [0.25, 0.3) is 0 Å². The first kappa shape index (κ1) is 15.5. The molecule has 0 radical (unpaired) electrons. The Morgan fingerprint density at radius 2 is 1.72 bits per heavy atom. The molecule has 0 aromatic heterocycles. The first-order valence-electron chi connectivity index (χ1n) is 6.20.